The molecule has 108 valence electrons. The quantitative estimate of drug-likeness (QED) is 0.893. The Kier molecular flexibility index (Phi) is 3.66. The van der Waals surface area contributed by atoms with Gasteiger partial charge in [-0.2, -0.15) is 0 Å². The number of amides is 1. The average Bonchev–Trinajstić information content (AvgIpc) is 2.87. The van der Waals surface area contributed by atoms with Crippen LogP contribution in [0.1, 0.15) is 31.2 Å². The SMILES string of the molecule is COc1ccc([C@@H]2CN(C(C)=O)[C@H]3CCCN[C@@H]23)cc1. The minimum Gasteiger partial charge on any atom is -0.497 e. The Morgan fingerprint density at radius 2 is 2.10 bits per heavy atom. The summed E-state index contributed by atoms with van der Waals surface area (Å²) in [6.45, 7) is 3.56. The first-order valence-corrected chi connectivity index (χ1v) is 7.35. The van der Waals surface area contributed by atoms with Crippen LogP contribution in [0.5, 0.6) is 5.75 Å². The summed E-state index contributed by atoms with van der Waals surface area (Å²) in [5.41, 5.74) is 1.29. The van der Waals surface area contributed by atoms with Crippen molar-refractivity contribution in [2.24, 2.45) is 0 Å². The van der Waals surface area contributed by atoms with Gasteiger partial charge in [-0.15, -0.1) is 0 Å². The number of likely N-dealkylation sites (tertiary alicyclic amines) is 1. The molecule has 2 aliphatic heterocycles. The van der Waals surface area contributed by atoms with Crippen molar-refractivity contribution in [1.82, 2.24) is 10.2 Å². The highest BCUT2D eigenvalue weighted by atomic mass is 16.5. The summed E-state index contributed by atoms with van der Waals surface area (Å²) in [4.78, 5) is 13.9. The third-order valence-electron chi connectivity index (χ3n) is 4.65. The van der Waals surface area contributed by atoms with Gasteiger partial charge in [0, 0.05) is 31.5 Å². The molecule has 1 N–H and O–H groups in total. The standard InChI is InChI=1S/C16H22N2O2/c1-11(19)18-10-14(16-15(18)4-3-9-17-16)12-5-7-13(20-2)8-6-12/h5-8,14-17H,3-4,9-10H2,1-2H3/t14-,15-,16-/m0/s1. The monoisotopic (exact) mass is 274 g/mol. The minimum absolute atomic E-state index is 0.194. The number of hydrogen-bond acceptors (Lipinski definition) is 3. The molecule has 4 nitrogen and oxygen atoms in total. The second-order valence-electron chi connectivity index (χ2n) is 5.74. The van der Waals surface area contributed by atoms with Gasteiger partial charge in [-0.05, 0) is 37.1 Å². The van der Waals surface area contributed by atoms with Crippen LogP contribution in [0.4, 0.5) is 0 Å². The van der Waals surface area contributed by atoms with Crippen LogP contribution in [0.25, 0.3) is 0 Å². The predicted octanol–water partition coefficient (Wildman–Crippen LogP) is 1.76. The molecule has 2 heterocycles. The molecular weight excluding hydrogens is 252 g/mol. The Hall–Kier alpha value is -1.55. The van der Waals surface area contributed by atoms with Gasteiger partial charge >= 0.3 is 0 Å². The number of methoxy groups -OCH3 is 1. The van der Waals surface area contributed by atoms with Crippen molar-refractivity contribution in [2.75, 3.05) is 20.2 Å². The van der Waals surface area contributed by atoms with Crippen LogP contribution < -0.4 is 10.1 Å². The predicted molar refractivity (Wildman–Crippen MR) is 77.9 cm³/mol. The maximum atomic E-state index is 11.9. The molecule has 0 bridgehead atoms. The highest BCUT2D eigenvalue weighted by Crippen LogP contribution is 2.36. The van der Waals surface area contributed by atoms with Crippen molar-refractivity contribution < 1.29 is 9.53 Å². The second kappa shape index (κ2) is 5.44. The maximum absolute atomic E-state index is 11.9. The van der Waals surface area contributed by atoms with Gasteiger partial charge in [-0.1, -0.05) is 12.1 Å². The van der Waals surface area contributed by atoms with Crippen LogP contribution in [0.15, 0.2) is 24.3 Å². The summed E-state index contributed by atoms with van der Waals surface area (Å²) in [5, 5.41) is 3.62. The number of nitrogens with zero attached hydrogens (tertiary/aromatic N) is 1. The Morgan fingerprint density at radius 1 is 1.35 bits per heavy atom. The van der Waals surface area contributed by atoms with E-state index in [1.165, 1.54) is 5.56 Å². The number of hydrogen-bond donors (Lipinski definition) is 1. The highest BCUT2D eigenvalue weighted by molar-refractivity contribution is 5.74. The number of rotatable bonds is 2. The minimum atomic E-state index is 0.194. The van der Waals surface area contributed by atoms with Gasteiger partial charge in [0.15, 0.2) is 0 Å². The number of carbonyl (C=O) groups excluding carboxylic acids is 1. The molecule has 1 aromatic carbocycles. The van der Waals surface area contributed by atoms with E-state index in [2.05, 4.69) is 17.4 Å². The van der Waals surface area contributed by atoms with Gasteiger partial charge in [-0.25, -0.2) is 0 Å². The second-order valence-corrected chi connectivity index (χ2v) is 5.74. The molecule has 3 rings (SSSR count). The summed E-state index contributed by atoms with van der Waals surface area (Å²) in [6.07, 6.45) is 2.27. The Bertz CT molecular complexity index is 486. The van der Waals surface area contributed by atoms with Crippen LogP contribution in [0.2, 0.25) is 0 Å². The van der Waals surface area contributed by atoms with Crippen LogP contribution >= 0.6 is 0 Å². The lowest BCUT2D eigenvalue weighted by Gasteiger charge is -2.33. The number of nitrogens with one attached hydrogen (secondary N) is 1. The first-order chi connectivity index (χ1) is 9.70. The topological polar surface area (TPSA) is 41.6 Å². The third kappa shape index (κ3) is 2.29. The fourth-order valence-electron chi connectivity index (χ4n) is 3.64. The van der Waals surface area contributed by atoms with Gasteiger partial charge in [-0.3, -0.25) is 4.79 Å². The van der Waals surface area contributed by atoms with Crippen LogP contribution in [0, 0.1) is 0 Å². The van der Waals surface area contributed by atoms with Crippen molar-refractivity contribution >= 4 is 5.91 Å². The molecule has 2 aliphatic rings. The summed E-state index contributed by atoms with van der Waals surface area (Å²) < 4.78 is 5.22. The average molecular weight is 274 g/mol. The lowest BCUT2D eigenvalue weighted by Crippen LogP contribution is -2.49. The molecule has 2 saturated heterocycles. The number of fused-ring (bicyclic) bond motifs is 1. The van der Waals surface area contributed by atoms with Gasteiger partial charge in [0.25, 0.3) is 0 Å². The van der Waals surface area contributed by atoms with Crippen molar-refractivity contribution in [2.45, 2.75) is 37.8 Å². The molecule has 0 saturated carbocycles. The molecule has 0 unspecified atom stereocenters. The van der Waals surface area contributed by atoms with E-state index >= 15 is 0 Å². The van der Waals surface area contributed by atoms with Gasteiger partial charge in [0.1, 0.15) is 5.75 Å². The number of carbonyl (C=O) groups is 1. The first kappa shape index (κ1) is 13.4. The van der Waals surface area contributed by atoms with E-state index < -0.39 is 0 Å². The van der Waals surface area contributed by atoms with Crippen molar-refractivity contribution in [1.29, 1.82) is 0 Å². The fraction of sp³-hybridized carbons (Fsp3) is 0.562. The Labute approximate surface area is 120 Å². The molecule has 0 aliphatic carbocycles. The zero-order valence-corrected chi connectivity index (χ0v) is 12.1. The molecule has 20 heavy (non-hydrogen) atoms. The molecular formula is C16H22N2O2. The molecule has 0 radical (unpaired) electrons. The molecule has 2 fully saturated rings. The van der Waals surface area contributed by atoms with E-state index in [0.29, 0.717) is 18.0 Å². The van der Waals surface area contributed by atoms with Crippen molar-refractivity contribution in [3.05, 3.63) is 29.8 Å². The lowest BCUT2D eigenvalue weighted by molar-refractivity contribution is -0.130. The van der Waals surface area contributed by atoms with Crippen molar-refractivity contribution in [3.63, 3.8) is 0 Å². The molecule has 1 amide bonds. The van der Waals surface area contributed by atoms with Crippen LogP contribution in [0.3, 0.4) is 0 Å². The lowest BCUT2D eigenvalue weighted by atomic mass is 9.87. The summed E-state index contributed by atoms with van der Waals surface area (Å²) in [6, 6.07) is 9.00. The van der Waals surface area contributed by atoms with Gasteiger partial charge in [0.2, 0.25) is 5.91 Å². The van der Waals surface area contributed by atoms with E-state index in [1.807, 2.05) is 17.0 Å². The van der Waals surface area contributed by atoms with Gasteiger partial charge < -0.3 is 15.0 Å². The van der Waals surface area contributed by atoms with Gasteiger partial charge in [0.05, 0.1) is 7.11 Å². The zero-order chi connectivity index (χ0) is 14.1. The summed E-state index contributed by atoms with van der Waals surface area (Å²) in [7, 11) is 1.68. The smallest absolute Gasteiger partial charge is 0.219 e. The number of benzene rings is 1. The molecule has 0 aromatic heterocycles. The Balaban J connectivity index is 1.86. The molecule has 4 heteroatoms. The molecule has 0 spiro atoms. The van der Waals surface area contributed by atoms with E-state index in [0.717, 1.165) is 31.7 Å². The first-order valence-electron chi connectivity index (χ1n) is 7.35. The maximum Gasteiger partial charge on any atom is 0.219 e. The van der Waals surface area contributed by atoms with E-state index in [-0.39, 0.29) is 5.91 Å². The largest absolute Gasteiger partial charge is 0.497 e. The fourth-order valence-corrected chi connectivity index (χ4v) is 3.64. The van der Waals surface area contributed by atoms with E-state index in [4.69, 9.17) is 4.74 Å². The third-order valence-corrected chi connectivity index (χ3v) is 4.65. The van der Waals surface area contributed by atoms with E-state index in [9.17, 15) is 4.79 Å². The Morgan fingerprint density at radius 3 is 2.75 bits per heavy atom. The highest BCUT2D eigenvalue weighted by Gasteiger charge is 2.44. The summed E-state index contributed by atoms with van der Waals surface area (Å²) >= 11 is 0. The molecule has 1 aromatic rings. The zero-order valence-electron chi connectivity index (χ0n) is 12.1. The summed E-state index contributed by atoms with van der Waals surface area (Å²) in [5.74, 6) is 1.46. The van der Waals surface area contributed by atoms with E-state index in [1.54, 1.807) is 14.0 Å². The molecule has 3 atom stereocenters. The number of ether oxygens (including phenoxy) is 1. The normalized spacial score (nSPS) is 29.1. The van der Waals surface area contributed by atoms with Crippen LogP contribution in [-0.4, -0.2) is 43.1 Å². The number of piperidine rings is 1. The van der Waals surface area contributed by atoms with Crippen molar-refractivity contribution in [3.8, 4) is 5.75 Å². The van der Waals surface area contributed by atoms with Crippen LogP contribution in [-0.2, 0) is 4.79 Å².